The third kappa shape index (κ3) is 4.13. The van der Waals surface area contributed by atoms with Crippen LogP contribution in [-0.4, -0.2) is 27.1 Å². The summed E-state index contributed by atoms with van der Waals surface area (Å²) in [5.41, 5.74) is 2.18. The molecule has 0 aromatic heterocycles. The molecule has 0 aliphatic rings. The molecule has 0 bridgehead atoms. The van der Waals surface area contributed by atoms with Crippen molar-refractivity contribution < 1.29 is 19.7 Å². The molecule has 0 radical (unpaired) electrons. The number of amides is 1. The molecule has 2 aromatic rings. The highest BCUT2D eigenvalue weighted by Crippen LogP contribution is 2.22. The molecule has 0 heterocycles. The second-order valence-corrected chi connectivity index (χ2v) is 4.96. The monoisotopic (exact) mass is 344 g/mol. The fourth-order valence-electron chi connectivity index (χ4n) is 1.95. The van der Waals surface area contributed by atoms with Crippen molar-refractivity contribution in [3.63, 3.8) is 0 Å². The highest BCUT2D eigenvalue weighted by atomic mass is 16.6. The Morgan fingerprint density at radius 1 is 1.16 bits per heavy atom. The molecule has 0 spiro atoms. The van der Waals surface area contributed by atoms with Crippen LogP contribution in [0.2, 0.25) is 0 Å². The summed E-state index contributed by atoms with van der Waals surface area (Å²) in [6.45, 7) is 1.59. The Labute approximate surface area is 140 Å². The second kappa shape index (κ2) is 7.17. The predicted molar refractivity (Wildman–Crippen MR) is 87.7 cm³/mol. The van der Waals surface area contributed by atoms with Gasteiger partial charge in [0.2, 0.25) is 0 Å². The van der Waals surface area contributed by atoms with Crippen molar-refractivity contribution in [2.45, 2.75) is 6.92 Å². The van der Waals surface area contributed by atoms with Gasteiger partial charge in [0.05, 0.1) is 21.6 Å². The lowest BCUT2D eigenvalue weighted by Crippen LogP contribution is -2.18. The van der Waals surface area contributed by atoms with Gasteiger partial charge in [0, 0.05) is 29.3 Å². The predicted octanol–water partition coefficient (Wildman–Crippen LogP) is 2.28. The van der Waals surface area contributed by atoms with Crippen LogP contribution >= 0.6 is 0 Å². The maximum atomic E-state index is 11.9. The molecule has 0 saturated heterocycles. The minimum atomic E-state index is -0.862. The van der Waals surface area contributed by atoms with E-state index in [9.17, 15) is 30.1 Å². The lowest BCUT2D eigenvalue weighted by Gasteiger charge is -2.03. The Balaban J connectivity index is 2.16. The molecule has 0 unspecified atom stereocenters. The van der Waals surface area contributed by atoms with Crippen molar-refractivity contribution in [1.82, 2.24) is 5.43 Å². The quantitative estimate of drug-likeness (QED) is 0.483. The van der Waals surface area contributed by atoms with Gasteiger partial charge < -0.3 is 5.11 Å². The van der Waals surface area contributed by atoms with Gasteiger partial charge in [-0.05, 0) is 13.0 Å². The Bertz CT molecular complexity index is 894. The number of carbonyl (C=O) groups excluding carboxylic acids is 1. The smallest absolute Gasteiger partial charge is 0.275 e. The number of nitro groups is 2. The molecule has 1 amide bonds. The van der Waals surface area contributed by atoms with Crippen LogP contribution in [0.15, 0.2) is 41.5 Å². The van der Waals surface area contributed by atoms with Crippen molar-refractivity contribution in [3.8, 4) is 5.75 Å². The van der Waals surface area contributed by atoms with Crippen LogP contribution in [0.25, 0.3) is 0 Å². The highest BCUT2D eigenvalue weighted by molar-refractivity contribution is 5.98. The number of hydrogen-bond acceptors (Lipinski definition) is 7. The van der Waals surface area contributed by atoms with E-state index in [1.54, 1.807) is 13.0 Å². The first-order valence-corrected chi connectivity index (χ1v) is 6.85. The summed E-state index contributed by atoms with van der Waals surface area (Å²) in [4.78, 5) is 32.3. The molecule has 128 valence electrons. The molecule has 2 N–H and O–H groups in total. The minimum Gasteiger partial charge on any atom is -0.507 e. The van der Waals surface area contributed by atoms with E-state index in [2.05, 4.69) is 10.5 Å². The minimum absolute atomic E-state index is 0.0911. The van der Waals surface area contributed by atoms with E-state index in [1.165, 1.54) is 18.3 Å². The number of rotatable bonds is 5. The number of phenols is 1. The maximum Gasteiger partial charge on any atom is 0.275 e. The number of carbonyl (C=O) groups is 1. The van der Waals surface area contributed by atoms with Gasteiger partial charge in [-0.3, -0.25) is 25.0 Å². The lowest BCUT2D eigenvalue weighted by atomic mass is 10.1. The van der Waals surface area contributed by atoms with E-state index in [-0.39, 0.29) is 16.9 Å². The van der Waals surface area contributed by atoms with Crippen LogP contribution in [-0.2, 0) is 0 Å². The molecule has 0 aliphatic carbocycles. The fourth-order valence-corrected chi connectivity index (χ4v) is 1.95. The van der Waals surface area contributed by atoms with Crippen LogP contribution < -0.4 is 5.43 Å². The van der Waals surface area contributed by atoms with Gasteiger partial charge >= 0.3 is 0 Å². The van der Waals surface area contributed by atoms with E-state index in [0.29, 0.717) is 11.1 Å². The normalized spacial score (nSPS) is 10.6. The average Bonchev–Trinajstić information content (AvgIpc) is 2.56. The standard InChI is InChI=1S/C15H12N4O6/c1-9-2-3-10(6-13(9)19(24)25)8-16-17-15(21)12-7-11(18(22)23)4-5-14(12)20/h2-8,20H,1H3,(H,17,21)/b16-8-. The number of aromatic hydroxyl groups is 1. The zero-order chi connectivity index (χ0) is 18.6. The summed E-state index contributed by atoms with van der Waals surface area (Å²) in [7, 11) is 0. The first-order valence-electron chi connectivity index (χ1n) is 6.85. The number of non-ortho nitro benzene ring substituents is 1. The Hall–Kier alpha value is -3.82. The zero-order valence-corrected chi connectivity index (χ0v) is 12.9. The van der Waals surface area contributed by atoms with Gasteiger partial charge in [0.15, 0.2) is 0 Å². The van der Waals surface area contributed by atoms with Crippen LogP contribution in [0.4, 0.5) is 11.4 Å². The molecular formula is C15H12N4O6. The molecule has 0 aliphatic heterocycles. The van der Waals surface area contributed by atoms with E-state index in [4.69, 9.17) is 0 Å². The molecule has 2 rings (SSSR count). The van der Waals surface area contributed by atoms with Crippen LogP contribution in [0.5, 0.6) is 5.75 Å². The number of phenolic OH excluding ortho intramolecular Hbond substituents is 1. The number of aryl methyl sites for hydroxylation is 1. The summed E-state index contributed by atoms with van der Waals surface area (Å²) >= 11 is 0. The fraction of sp³-hybridized carbons (Fsp3) is 0.0667. The molecule has 0 saturated carbocycles. The van der Waals surface area contributed by atoms with Crippen molar-refractivity contribution in [3.05, 3.63) is 73.3 Å². The number of benzene rings is 2. The van der Waals surface area contributed by atoms with Crippen molar-refractivity contribution in [1.29, 1.82) is 0 Å². The van der Waals surface area contributed by atoms with Gasteiger partial charge in [-0.15, -0.1) is 0 Å². The summed E-state index contributed by atoms with van der Waals surface area (Å²) in [6, 6.07) is 7.39. The largest absolute Gasteiger partial charge is 0.507 e. The molecule has 10 nitrogen and oxygen atoms in total. The van der Waals surface area contributed by atoms with Crippen LogP contribution in [0, 0.1) is 27.2 Å². The van der Waals surface area contributed by atoms with E-state index >= 15 is 0 Å². The van der Waals surface area contributed by atoms with E-state index in [1.807, 2.05) is 0 Å². The zero-order valence-electron chi connectivity index (χ0n) is 12.9. The number of nitrogens with one attached hydrogen (secondary N) is 1. The molecular weight excluding hydrogens is 332 g/mol. The van der Waals surface area contributed by atoms with Gasteiger partial charge in [-0.2, -0.15) is 5.10 Å². The van der Waals surface area contributed by atoms with Crippen LogP contribution in [0.1, 0.15) is 21.5 Å². The third-order valence-electron chi connectivity index (χ3n) is 3.25. The van der Waals surface area contributed by atoms with Gasteiger partial charge in [-0.25, -0.2) is 5.43 Å². The van der Waals surface area contributed by atoms with Crippen LogP contribution in [0.3, 0.4) is 0 Å². The van der Waals surface area contributed by atoms with Gasteiger partial charge in [-0.1, -0.05) is 12.1 Å². The molecule has 0 fully saturated rings. The van der Waals surface area contributed by atoms with Crippen molar-refractivity contribution in [2.24, 2.45) is 5.10 Å². The maximum absolute atomic E-state index is 11.9. The van der Waals surface area contributed by atoms with Crippen molar-refractivity contribution in [2.75, 3.05) is 0 Å². The molecule has 0 atom stereocenters. The first-order chi connectivity index (χ1) is 11.8. The second-order valence-electron chi connectivity index (χ2n) is 4.96. The summed E-state index contributed by atoms with van der Waals surface area (Å²) in [6.07, 6.45) is 1.18. The number of nitrogens with zero attached hydrogens (tertiary/aromatic N) is 3. The summed E-state index contributed by atoms with van der Waals surface area (Å²) in [5, 5.41) is 34.8. The highest BCUT2D eigenvalue weighted by Gasteiger charge is 2.16. The molecule has 10 heteroatoms. The third-order valence-corrected chi connectivity index (χ3v) is 3.25. The topological polar surface area (TPSA) is 148 Å². The SMILES string of the molecule is Cc1ccc(/C=N\NC(=O)c2cc([N+](=O)[O-])ccc2O)cc1[N+](=O)[O-]. The Morgan fingerprint density at radius 3 is 2.52 bits per heavy atom. The lowest BCUT2D eigenvalue weighted by molar-refractivity contribution is -0.385. The molecule has 25 heavy (non-hydrogen) atoms. The number of hydrogen-bond donors (Lipinski definition) is 2. The Morgan fingerprint density at radius 2 is 1.88 bits per heavy atom. The molecule has 2 aromatic carbocycles. The Kier molecular flexibility index (Phi) is 5.03. The summed E-state index contributed by atoms with van der Waals surface area (Å²) in [5.74, 6) is -1.30. The van der Waals surface area contributed by atoms with Gasteiger partial charge in [0.25, 0.3) is 17.3 Å². The van der Waals surface area contributed by atoms with E-state index < -0.39 is 21.5 Å². The van der Waals surface area contributed by atoms with E-state index in [0.717, 1.165) is 18.2 Å². The van der Waals surface area contributed by atoms with Gasteiger partial charge in [0.1, 0.15) is 5.75 Å². The number of nitro benzene ring substituents is 2. The average molecular weight is 344 g/mol. The van der Waals surface area contributed by atoms with Crippen molar-refractivity contribution >= 4 is 23.5 Å². The first kappa shape index (κ1) is 17.5. The summed E-state index contributed by atoms with van der Waals surface area (Å²) < 4.78 is 0. The number of hydrazone groups is 1.